The molecule has 2 N–H and O–H groups in total. The summed E-state index contributed by atoms with van der Waals surface area (Å²) >= 11 is 0. The number of carbonyl (C=O) groups excluding carboxylic acids is 1. The number of esters is 1. The molecule has 0 spiro atoms. The fourth-order valence-corrected chi connectivity index (χ4v) is 2.33. The number of nitrogen functional groups attached to an aromatic ring is 1. The van der Waals surface area contributed by atoms with E-state index in [4.69, 9.17) is 15.2 Å². The maximum atomic E-state index is 12.2. The van der Waals surface area contributed by atoms with E-state index in [0.29, 0.717) is 17.9 Å². The third kappa shape index (κ3) is 1.72. The second-order valence-corrected chi connectivity index (χ2v) is 5.71. The molecular formula is C14H19NO3. The molecule has 1 unspecified atom stereocenters. The molecule has 1 atom stereocenters. The van der Waals surface area contributed by atoms with Crippen molar-refractivity contribution in [2.45, 2.75) is 32.8 Å². The predicted octanol–water partition coefficient (Wildman–Crippen LogP) is 2.16. The summed E-state index contributed by atoms with van der Waals surface area (Å²) in [6.45, 7) is 5.91. The molecule has 0 saturated heterocycles. The van der Waals surface area contributed by atoms with Crippen LogP contribution in [-0.2, 0) is 16.0 Å². The lowest BCUT2D eigenvalue weighted by Gasteiger charge is -2.37. The van der Waals surface area contributed by atoms with Crippen LogP contribution in [-0.4, -0.2) is 18.7 Å². The average Bonchev–Trinajstić information content (AvgIpc) is 2.67. The highest BCUT2D eigenvalue weighted by Crippen LogP contribution is 2.46. The smallest absolute Gasteiger partial charge is 0.351 e. The van der Waals surface area contributed by atoms with Gasteiger partial charge in [0.05, 0.1) is 7.11 Å². The SMILES string of the molecule is COC(=O)C1(C(C)(C)C)Cc2cc(N)ccc2O1. The van der Waals surface area contributed by atoms with Crippen molar-refractivity contribution in [2.24, 2.45) is 5.41 Å². The van der Waals surface area contributed by atoms with E-state index in [1.165, 1.54) is 7.11 Å². The number of benzene rings is 1. The summed E-state index contributed by atoms with van der Waals surface area (Å²) in [5.41, 5.74) is 6.05. The van der Waals surface area contributed by atoms with E-state index in [1.807, 2.05) is 26.8 Å². The van der Waals surface area contributed by atoms with Gasteiger partial charge in [0.2, 0.25) is 5.60 Å². The third-order valence-electron chi connectivity index (χ3n) is 3.53. The molecule has 0 amide bonds. The summed E-state index contributed by atoms with van der Waals surface area (Å²) in [4.78, 5) is 12.2. The van der Waals surface area contributed by atoms with Crippen LogP contribution in [0.25, 0.3) is 0 Å². The number of fused-ring (bicyclic) bond motifs is 1. The van der Waals surface area contributed by atoms with E-state index in [2.05, 4.69) is 0 Å². The number of hydrogen-bond donors (Lipinski definition) is 1. The van der Waals surface area contributed by atoms with E-state index in [1.54, 1.807) is 12.1 Å². The summed E-state index contributed by atoms with van der Waals surface area (Å²) in [7, 11) is 1.39. The minimum absolute atomic E-state index is 0.343. The summed E-state index contributed by atoms with van der Waals surface area (Å²) < 4.78 is 10.9. The van der Waals surface area contributed by atoms with Gasteiger partial charge < -0.3 is 15.2 Å². The fourth-order valence-electron chi connectivity index (χ4n) is 2.33. The molecule has 0 aliphatic carbocycles. The number of carbonyl (C=O) groups is 1. The van der Waals surface area contributed by atoms with Crippen molar-refractivity contribution >= 4 is 11.7 Å². The van der Waals surface area contributed by atoms with Gasteiger partial charge >= 0.3 is 5.97 Å². The summed E-state index contributed by atoms with van der Waals surface area (Å²) in [6.07, 6.45) is 0.490. The van der Waals surface area contributed by atoms with Crippen molar-refractivity contribution < 1.29 is 14.3 Å². The first kappa shape index (κ1) is 12.7. The lowest BCUT2D eigenvalue weighted by atomic mass is 9.74. The molecule has 98 valence electrons. The standard InChI is InChI=1S/C14H19NO3/c1-13(2,3)14(12(16)17-4)8-9-7-10(15)5-6-11(9)18-14/h5-7H,8,15H2,1-4H3. The van der Waals surface area contributed by atoms with Crippen molar-refractivity contribution in [3.8, 4) is 5.75 Å². The second-order valence-electron chi connectivity index (χ2n) is 5.71. The van der Waals surface area contributed by atoms with Crippen LogP contribution in [0.1, 0.15) is 26.3 Å². The molecule has 2 rings (SSSR count). The minimum atomic E-state index is -0.974. The van der Waals surface area contributed by atoms with Gasteiger partial charge in [0, 0.05) is 23.1 Å². The normalized spacial score (nSPS) is 22.2. The molecule has 0 saturated carbocycles. The maximum Gasteiger partial charge on any atom is 0.351 e. The van der Waals surface area contributed by atoms with Gasteiger partial charge in [-0.3, -0.25) is 0 Å². The zero-order valence-corrected chi connectivity index (χ0v) is 11.2. The minimum Gasteiger partial charge on any atom is -0.474 e. The van der Waals surface area contributed by atoms with Crippen molar-refractivity contribution in [2.75, 3.05) is 12.8 Å². The van der Waals surface area contributed by atoms with E-state index < -0.39 is 5.60 Å². The zero-order valence-electron chi connectivity index (χ0n) is 11.2. The Balaban J connectivity index is 2.47. The van der Waals surface area contributed by atoms with Gasteiger partial charge in [-0.05, 0) is 18.2 Å². The van der Waals surface area contributed by atoms with Gasteiger partial charge in [-0.15, -0.1) is 0 Å². The quantitative estimate of drug-likeness (QED) is 0.612. The van der Waals surface area contributed by atoms with Crippen LogP contribution in [0.2, 0.25) is 0 Å². The van der Waals surface area contributed by atoms with Crippen molar-refractivity contribution in [3.63, 3.8) is 0 Å². The van der Waals surface area contributed by atoms with Gasteiger partial charge in [-0.25, -0.2) is 4.79 Å². The monoisotopic (exact) mass is 249 g/mol. The van der Waals surface area contributed by atoms with Crippen LogP contribution in [0.5, 0.6) is 5.75 Å². The average molecular weight is 249 g/mol. The number of ether oxygens (including phenoxy) is 2. The van der Waals surface area contributed by atoms with Crippen LogP contribution >= 0.6 is 0 Å². The first-order valence-corrected chi connectivity index (χ1v) is 5.96. The predicted molar refractivity (Wildman–Crippen MR) is 69.4 cm³/mol. The molecule has 18 heavy (non-hydrogen) atoms. The van der Waals surface area contributed by atoms with Crippen molar-refractivity contribution in [3.05, 3.63) is 23.8 Å². The van der Waals surface area contributed by atoms with E-state index >= 15 is 0 Å². The molecule has 1 aliphatic heterocycles. The molecule has 0 fully saturated rings. The van der Waals surface area contributed by atoms with Gasteiger partial charge in [-0.2, -0.15) is 0 Å². The zero-order chi connectivity index (χ0) is 13.6. The van der Waals surface area contributed by atoms with Crippen LogP contribution in [0, 0.1) is 5.41 Å². The summed E-state index contributed by atoms with van der Waals surface area (Å²) in [5, 5.41) is 0. The molecular weight excluding hydrogens is 230 g/mol. The Morgan fingerprint density at radius 1 is 1.44 bits per heavy atom. The largest absolute Gasteiger partial charge is 0.474 e. The molecule has 1 aliphatic rings. The van der Waals surface area contributed by atoms with Gasteiger partial charge in [-0.1, -0.05) is 20.8 Å². The van der Waals surface area contributed by atoms with Gasteiger partial charge in [0.15, 0.2) is 0 Å². The molecule has 0 aromatic heterocycles. The summed E-state index contributed by atoms with van der Waals surface area (Å²) in [5.74, 6) is 0.370. The highest BCUT2D eigenvalue weighted by atomic mass is 16.6. The molecule has 1 heterocycles. The number of hydrogen-bond acceptors (Lipinski definition) is 4. The van der Waals surface area contributed by atoms with Crippen LogP contribution < -0.4 is 10.5 Å². The number of methoxy groups -OCH3 is 1. The number of nitrogens with two attached hydrogens (primary N) is 1. The molecule has 0 radical (unpaired) electrons. The Labute approximate surface area is 107 Å². The van der Waals surface area contributed by atoms with Crippen LogP contribution in [0.3, 0.4) is 0 Å². The third-order valence-corrected chi connectivity index (χ3v) is 3.53. The molecule has 1 aromatic rings. The molecule has 4 heteroatoms. The Hall–Kier alpha value is -1.71. The van der Waals surface area contributed by atoms with Crippen molar-refractivity contribution in [1.82, 2.24) is 0 Å². The van der Waals surface area contributed by atoms with E-state index in [9.17, 15) is 4.79 Å². The second kappa shape index (κ2) is 3.90. The van der Waals surface area contributed by atoms with E-state index in [0.717, 1.165) is 5.56 Å². The summed E-state index contributed by atoms with van der Waals surface area (Å²) in [6, 6.07) is 5.43. The Kier molecular flexibility index (Phi) is 2.76. The fraction of sp³-hybridized carbons (Fsp3) is 0.500. The lowest BCUT2D eigenvalue weighted by Crippen LogP contribution is -2.54. The van der Waals surface area contributed by atoms with Crippen LogP contribution in [0.4, 0.5) is 5.69 Å². The molecule has 4 nitrogen and oxygen atoms in total. The number of anilines is 1. The van der Waals surface area contributed by atoms with Crippen molar-refractivity contribution in [1.29, 1.82) is 0 Å². The molecule has 1 aromatic carbocycles. The first-order chi connectivity index (χ1) is 8.30. The highest BCUT2D eigenvalue weighted by molar-refractivity contribution is 5.83. The first-order valence-electron chi connectivity index (χ1n) is 5.96. The van der Waals surface area contributed by atoms with Gasteiger partial charge in [0.25, 0.3) is 0 Å². The number of rotatable bonds is 1. The van der Waals surface area contributed by atoms with Crippen LogP contribution in [0.15, 0.2) is 18.2 Å². The molecule has 0 bridgehead atoms. The Bertz CT molecular complexity index is 490. The highest BCUT2D eigenvalue weighted by Gasteiger charge is 2.55. The van der Waals surface area contributed by atoms with E-state index in [-0.39, 0.29) is 11.4 Å². The topological polar surface area (TPSA) is 61.5 Å². The van der Waals surface area contributed by atoms with Gasteiger partial charge in [0.1, 0.15) is 5.75 Å². The lowest BCUT2D eigenvalue weighted by molar-refractivity contribution is -0.167. The Morgan fingerprint density at radius 3 is 2.67 bits per heavy atom. The Morgan fingerprint density at radius 2 is 2.11 bits per heavy atom. The maximum absolute atomic E-state index is 12.2.